The Morgan fingerprint density at radius 1 is 1.31 bits per heavy atom. The van der Waals surface area contributed by atoms with E-state index in [1.54, 1.807) is 0 Å². The normalized spacial score (nSPS) is 10.1. The van der Waals surface area contributed by atoms with Crippen molar-refractivity contribution in [1.29, 1.82) is 0 Å². The first-order valence-corrected chi connectivity index (χ1v) is 6.51. The van der Waals surface area contributed by atoms with Crippen molar-refractivity contribution in [1.82, 2.24) is 5.32 Å². The Hall–Kier alpha value is -0.620. The molecule has 1 aromatic rings. The molecule has 0 unspecified atom stereocenters. The van der Waals surface area contributed by atoms with Crippen molar-refractivity contribution in [2.75, 3.05) is 13.1 Å². The van der Waals surface area contributed by atoms with Gasteiger partial charge in [-0.25, -0.2) is 0 Å². The summed E-state index contributed by atoms with van der Waals surface area (Å²) in [6, 6.07) is 8.40. The lowest BCUT2D eigenvalue weighted by Gasteiger charge is -2.03. The zero-order valence-electron chi connectivity index (χ0n) is 9.21. The predicted molar refractivity (Wildman–Crippen MR) is 74.2 cm³/mol. The summed E-state index contributed by atoms with van der Waals surface area (Å²) in [6.07, 6.45) is 2.41. The van der Waals surface area contributed by atoms with Gasteiger partial charge in [0.15, 0.2) is 0 Å². The van der Waals surface area contributed by atoms with Gasteiger partial charge in [0.25, 0.3) is 0 Å². The van der Waals surface area contributed by atoms with E-state index in [0.717, 1.165) is 12.8 Å². The molecule has 0 radical (unpaired) electrons. The molecule has 4 heteroatoms. The second-order valence-corrected chi connectivity index (χ2v) is 4.86. The molecule has 88 valence electrons. The maximum Gasteiger partial charge on any atom is 0.220 e. The Morgan fingerprint density at radius 3 is 2.62 bits per heavy atom. The molecular weight excluding hydrogens is 315 g/mol. The van der Waals surface area contributed by atoms with E-state index in [1.165, 1.54) is 9.13 Å². The molecule has 0 saturated carbocycles. The van der Waals surface area contributed by atoms with Crippen molar-refractivity contribution in [3.8, 4) is 0 Å². The molecule has 3 N–H and O–H groups in total. The van der Waals surface area contributed by atoms with Crippen LogP contribution in [-0.4, -0.2) is 19.0 Å². The third-order valence-electron chi connectivity index (χ3n) is 2.25. The summed E-state index contributed by atoms with van der Waals surface area (Å²) < 4.78 is 1.24. The molecule has 0 heterocycles. The molecule has 0 aliphatic carbocycles. The lowest BCUT2D eigenvalue weighted by atomic mass is 10.1. The van der Waals surface area contributed by atoms with Crippen LogP contribution in [0.5, 0.6) is 0 Å². The zero-order chi connectivity index (χ0) is 11.8. The van der Waals surface area contributed by atoms with E-state index >= 15 is 0 Å². The topological polar surface area (TPSA) is 55.1 Å². The van der Waals surface area contributed by atoms with Gasteiger partial charge in [-0.2, -0.15) is 0 Å². The van der Waals surface area contributed by atoms with Gasteiger partial charge in [0, 0.05) is 23.1 Å². The number of amides is 1. The largest absolute Gasteiger partial charge is 0.355 e. The van der Waals surface area contributed by atoms with Gasteiger partial charge in [-0.3, -0.25) is 4.79 Å². The SMILES string of the molecule is NCCNC(=O)CCCc1ccc(I)cc1. The number of nitrogens with one attached hydrogen (secondary N) is 1. The van der Waals surface area contributed by atoms with E-state index in [1.807, 2.05) is 0 Å². The number of benzene rings is 1. The number of carbonyl (C=O) groups is 1. The van der Waals surface area contributed by atoms with Crippen LogP contribution < -0.4 is 11.1 Å². The summed E-state index contributed by atoms with van der Waals surface area (Å²) in [5.74, 6) is 0.0935. The summed E-state index contributed by atoms with van der Waals surface area (Å²) in [6.45, 7) is 1.07. The molecule has 0 fully saturated rings. The summed E-state index contributed by atoms with van der Waals surface area (Å²) in [7, 11) is 0. The van der Waals surface area contributed by atoms with Crippen LogP contribution in [-0.2, 0) is 11.2 Å². The third-order valence-corrected chi connectivity index (χ3v) is 2.97. The molecule has 0 spiro atoms. The Labute approximate surface area is 110 Å². The van der Waals surface area contributed by atoms with Gasteiger partial charge in [0.05, 0.1) is 0 Å². The monoisotopic (exact) mass is 332 g/mol. The van der Waals surface area contributed by atoms with Gasteiger partial charge in [0.2, 0.25) is 5.91 Å². The Kier molecular flexibility index (Phi) is 6.40. The summed E-state index contributed by atoms with van der Waals surface area (Å²) in [5, 5.41) is 2.76. The van der Waals surface area contributed by atoms with Crippen LogP contribution in [0.3, 0.4) is 0 Å². The highest BCUT2D eigenvalue weighted by molar-refractivity contribution is 14.1. The number of aryl methyl sites for hydroxylation is 1. The summed E-state index contributed by atoms with van der Waals surface area (Å²) >= 11 is 2.28. The Balaban J connectivity index is 2.20. The van der Waals surface area contributed by atoms with Crippen molar-refractivity contribution in [3.63, 3.8) is 0 Å². The number of hydrogen-bond donors (Lipinski definition) is 2. The van der Waals surface area contributed by atoms with E-state index in [-0.39, 0.29) is 5.91 Å². The van der Waals surface area contributed by atoms with Gasteiger partial charge < -0.3 is 11.1 Å². The van der Waals surface area contributed by atoms with Gasteiger partial charge in [-0.05, 0) is 53.1 Å². The first-order valence-electron chi connectivity index (χ1n) is 5.43. The smallest absolute Gasteiger partial charge is 0.220 e. The first kappa shape index (κ1) is 13.4. The van der Waals surface area contributed by atoms with E-state index in [2.05, 4.69) is 52.2 Å². The standard InChI is InChI=1S/C12H17IN2O/c13-11-6-4-10(5-7-11)2-1-3-12(16)15-9-8-14/h4-7H,1-3,8-9,14H2,(H,15,16). The van der Waals surface area contributed by atoms with Crippen LogP contribution in [0.2, 0.25) is 0 Å². The second kappa shape index (κ2) is 7.62. The highest BCUT2D eigenvalue weighted by atomic mass is 127. The van der Waals surface area contributed by atoms with Crippen molar-refractivity contribution in [2.24, 2.45) is 5.73 Å². The highest BCUT2D eigenvalue weighted by Crippen LogP contribution is 2.09. The van der Waals surface area contributed by atoms with E-state index in [4.69, 9.17) is 5.73 Å². The number of rotatable bonds is 6. The van der Waals surface area contributed by atoms with Crippen LogP contribution in [0.1, 0.15) is 18.4 Å². The minimum absolute atomic E-state index is 0.0935. The summed E-state index contributed by atoms with van der Waals surface area (Å²) in [5.41, 5.74) is 6.58. The van der Waals surface area contributed by atoms with E-state index < -0.39 is 0 Å². The molecule has 0 atom stereocenters. The fourth-order valence-electron chi connectivity index (χ4n) is 1.40. The number of nitrogens with two attached hydrogens (primary N) is 1. The van der Waals surface area contributed by atoms with Gasteiger partial charge in [-0.15, -0.1) is 0 Å². The third kappa shape index (κ3) is 5.46. The van der Waals surface area contributed by atoms with E-state index in [0.29, 0.717) is 19.5 Å². The molecule has 3 nitrogen and oxygen atoms in total. The Bertz CT molecular complexity index is 324. The number of halogens is 1. The minimum Gasteiger partial charge on any atom is -0.355 e. The highest BCUT2D eigenvalue weighted by Gasteiger charge is 2.00. The maximum atomic E-state index is 11.3. The fraction of sp³-hybridized carbons (Fsp3) is 0.417. The van der Waals surface area contributed by atoms with Crippen molar-refractivity contribution >= 4 is 28.5 Å². The van der Waals surface area contributed by atoms with Crippen LogP contribution in [0, 0.1) is 3.57 Å². The van der Waals surface area contributed by atoms with Crippen LogP contribution in [0.15, 0.2) is 24.3 Å². The van der Waals surface area contributed by atoms with Crippen LogP contribution in [0.25, 0.3) is 0 Å². The van der Waals surface area contributed by atoms with Crippen molar-refractivity contribution < 1.29 is 4.79 Å². The number of carbonyl (C=O) groups excluding carboxylic acids is 1. The second-order valence-electron chi connectivity index (χ2n) is 3.62. The predicted octanol–water partition coefficient (Wildman–Crippen LogP) is 1.69. The molecule has 16 heavy (non-hydrogen) atoms. The molecule has 0 aliphatic heterocycles. The molecule has 0 aliphatic rings. The number of hydrogen-bond acceptors (Lipinski definition) is 2. The lowest BCUT2D eigenvalue weighted by Crippen LogP contribution is -2.28. The van der Waals surface area contributed by atoms with Crippen LogP contribution in [0.4, 0.5) is 0 Å². The van der Waals surface area contributed by atoms with E-state index in [9.17, 15) is 4.79 Å². The molecular formula is C12H17IN2O. The van der Waals surface area contributed by atoms with Crippen molar-refractivity contribution in [3.05, 3.63) is 33.4 Å². The molecule has 0 bridgehead atoms. The van der Waals surface area contributed by atoms with Gasteiger partial charge in [-0.1, -0.05) is 12.1 Å². The first-order chi connectivity index (χ1) is 7.72. The van der Waals surface area contributed by atoms with Gasteiger partial charge in [0.1, 0.15) is 0 Å². The minimum atomic E-state index is 0.0935. The average molecular weight is 332 g/mol. The quantitative estimate of drug-likeness (QED) is 0.779. The van der Waals surface area contributed by atoms with Gasteiger partial charge >= 0.3 is 0 Å². The maximum absolute atomic E-state index is 11.3. The Morgan fingerprint density at radius 2 is 2.00 bits per heavy atom. The molecule has 0 saturated heterocycles. The fourth-order valence-corrected chi connectivity index (χ4v) is 1.76. The summed E-state index contributed by atoms with van der Waals surface area (Å²) in [4.78, 5) is 11.3. The molecule has 1 amide bonds. The lowest BCUT2D eigenvalue weighted by molar-refractivity contribution is -0.121. The molecule has 1 aromatic carbocycles. The zero-order valence-corrected chi connectivity index (χ0v) is 11.4. The molecule has 0 aromatic heterocycles. The van der Waals surface area contributed by atoms with Crippen LogP contribution >= 0.6 is 22.6 Å². The molecule has 1 rings (SSSR count). The van der Waals surface area contributed by atoms with Crippen molar-refractivity contribution in [2.45, 2.75) is 19.3 Å². The average Bonchev–Trinajstić information content (AvgIpc) is 2.29.